The minimum atomic E-state index is 0.0444. The molecule has 0 saturated carbocycles. The largest absolute Gasteiger partial charge is 0.355 e. The topological polar surface area (TPSA) is 71.0 Å². The summed E-state index contributed by atoms with van der Waals surface area (Å²) in [7, 11) is 0. The van der Waals surface area contributed by atoms with Gasteiger partial charge in [-0.1, -0.05) is 29.8 Å². The summed E-state index contributed by atoms with van der Waals surface area (Å²) in [6.07, 6.45) is 3.31. The lowest BCUT2D eigenvalue weighted by atomic mass is 9.95. The Morgan fingerprint density at radius 2 is 1.88 bits per heavy atom. The van der Waals surface area contributed by atoms with E-state index in [1.54, 1.807) is 17.7 Å². The Balaban J connectivity index is 1.29. The lowest BCUT2D eigenvalue weighted by Crippen LogP contribution is -2.40. The van der Waals surface area contributed by atoms with Crippen molar-refractivity contribution in [2.75, 3.05) is 18.0 Å². The van der Waals surface area contributed by atoms with Gasteiger partial charge in [0.1, 0.15) is 17.0 Å². The summed E-state index contributed by atoms with van der Waals surface area (Å²) in [6, 6.07) is 10.4. The highest BCUT2D eigenvalue weighted by atomic mass is 32.1. The molecule has 1 aromatic carbocycles. The molecule has 5 rings (SSSR count). The number of piperidine rings is 1. The average molecular weight is 446 g/mol. The average Bonchev–Trinajstić information content (AvgIpc) is 3.17. The first-order valence-corrected chi connectivity index (χ1v) is 11.9. The maximum absolute atomic E-state index is 12.7. The van der Waals surface area contributed by atoms with E-state index in [9.17, 15) is 4.79 Å². The van der Waals surface area contributed by atoms with Crippen LogP contribution in [-0.4, -0.2) is 33.9 Å². The summed E-state index contributed by atoms with van der Waals surface area (Å²) in [6.45, 7) is 8.42. The first-order valence-electron chi connectivity index (χ1n) is 11.1. The standard InChI is InChI=1S/C25H27N5OS/c1-15-4-6-18(7-5-15)13-26-24(31)19-8-10-30(11-9-19)23-22-21(27-14-28-23)20-16(2)12-17(3)29-25(20)32-22/h4-7,12,14,19H,8-11,13H2,1-3H3,(H,26,31). The van der Waals surface area contributed by atoms with Crippen molar-refractivity contribution in [1.82, 2.24) is 20.3 Å². The number of carbonyl (C=O) groups excluding carboxylic acids is 1. The summed E-state index contributed by atoms with van der Waals surface area (Å²) in [4.78, 5) is 30.0. The van der Waals surface area contributed by atoms with Crippen LogP contribution in [0.5, 0.6) is 0 Å². The van der Waals surface area contributed by atoms with Gasteiger partial charge in [0.2, 0.25) is 5.91 Å². The molecule has 1 saturated heterocycles. The van der Waals surface area contributed by atoms with Gasteiger partial charge in [0.15, 0.2) is 0 Å². The second kappa shape index (κ2) is 8.47. The Morgan fingerprint density at radius 1 is 1.12 bits per heavy atom. The molecule has 0 atom stereocenters. The van der Waals surface area contributed by atoms with Crippen LogP contribution in [-0.2, 0) is 11.3 Å². The van der Waals surface area contributed by atoms with Crippen LogP contribution in [0.3, 0.4) is 0 Å². The van der Waals surface area contributed by atoms with Gasteiger partial charge >= 0.3 is 0 Å². The van der Waals surface area contributed by atoms with Gasteiger partial charge in [-0.25, -0.2) is 15.0 Å². The molecule has 1 N–H and O–H groups in total. The molecule has 164 valence electrons. The van der Waals surface area contributed by atoms with Crippen molar-refractivity contribution in [3.63, 3.8) is 0 Å². The number of rotatable bonds is 4. The Morgan fingerprint density at radius 3 is 2.62 bits per heavy atom. The fourth-order valence-electron chi connectivity index (χ4n) is 4.52. The number of nitrogens with zero attached hydrogens (tertiary/aromatic N) is 4. The second-order valence-electron chi connectivity index (χ2n) is 8.70. The molecule has 0 bridgehead atoms. The van der Waals surface area contributed by atoms with Crippen LogP contribution in [0.2, 0.25) is 0 Å². The third-order valence-corrected chi connectivity index (χ3v) is 7.35. The van der Waals surface area contributed by atoms with E-state index >= 15 is 0 Å². The Labute approximate surface area is 191 Å². The molecular weight excluding hydrogens is 418 g/mol. The molecule has 1 amide bonds. The molecule has 32 heavy (non-hydrogen) atoms. The molecule has 7 heteroatoms. The second-order valence-corrected chi connectivity index (χ2v) is 9.70. The molecule has 3 aromatic heterocycles. The fourth-order valence-corrected chi connectivity index (χ4v) is 5.78. The van der Waals surface area contributed by atoms with Crippen molar-refractivity contribution in [2.24, 2.45) is 5.92 Å². The first kappa shape index (κ1) is 20.8. The normalized spacial score (nSPS) is 14.9. The number of aryl methyl sites for hydroxylation is 3. The number of nitrogens with one attached hydrogen (secondary N) is 1. The molecule has 0 radical (unpaired) electrons. The van der Waals surface area contributed by atoms with Crippen LogP contribution in [0.15, 0.2) is 36.7 Å². The number of thiophene rings is 1. The van der Waals surface area contributed by atoms with Crippen molar-refractivity contribution in [1.29, 1.82) is 0 Å². The fraction of sp³-hybridized carbons (Fsp3) is 0.360. The van der Waals surface area contributed by atoms with Crippen LogP contribution < -0.4 is 10.2 Å². The SMILES string of the molecule is Cc1ccc(CNC(=O)C2CCN(c3ncnc4c3sc3nc(C)cc(C)c34)CC2)cc1. The molecule has 0 aliphatic carbocycles. The highest BCUT2D eigenvalue weighted by Crippen LogP contribution is 2.38. The number of hydrogen-bond donors (Lipinski definition) is 1. The van der Waals surface area contributed by atoms with E-state index in [0.717, 1.165) is 63.4 Å². The number of carbonyl (C=O) groups is 1. The highest BCUT2D eigenvalue weighted by molar-refractivity contribution is 7.26. The van der Waals surface area contributed by atoms with Gasteiger partial charge in [0.05, 0.1) is 10.2 Å². The van der Waals surface area contributed by atoms with Crippen LogP contribution in [0.4, 0.5) is 5.82 Å². The zero-order chi connectivity index (χ0) is 22.2. The van der Waals surface area contributed by atoms with E-state index in [2.05, 4.69) is 64.4 Å². The molecular formula is C25H27N5OS. The van der Waals surface area contributed by atoms with Crippen molar-refractivity contribution < 1.29 is 4.79 Å². The van der Waals surface area contributed by atoms with Crippen molar-refractivity contribution >= 4 is 43.5 Å². The predicted octanol–water partition coefficient (Wildman–Crippen LogP) is 4.70. The van der Waals surface area contributed by atoms with Gasteiger partial charge in [-0.05, 0) is 50.8 Å². The van der Waals surface area contributed by atoms with Gasteiger partial charge in [0.25, 0.3) is 0 Å². The minimum Gasteiger partial charge on any atom is -0.355 e. The van der Waals surface area contributed by atoms with Crippen LogP contribution in [0.1, 0.15) is 35.2 Å². The Bertz CT molecular complexity index is 1290. The van der Waals surface area contributed by atoms with E-state index in [4.69, 9.17) is 4.98 Å². The highest BCUT2D eigenvalue weighted by Gasteiger charge is 2.27. The predicted molar refractivity (Wildman–Crippen MR) is 130 cm³/mol. The summed E-state index contributed by atoms with van der Waals surface area (Å²) in [5.41, 5.74) is 5.57. The molecule has 1 aliphatic rings. The number of hydrogen-bond acceptors (Lipinski definition) is 6. The molecule has 1 fully saturated rings. The molecule has 0 unspecified atom stereocenters. The Kier molecular flexibility index (Phi) is 5.51. The number of pyridine rings is 1. The summed E-state index contributed by atoms with van der Waals surface area (Å²) >= 11 is 1.67. The third-order valence-electron chi connectivity index (χ3n) is 6.28. The number of fused-ring (bicyclic) bond motifs is 3. The van der Waals surface area contributed by atoms with Crippen molar-refractivity contribution in [3.8, 4) is 0 Å². The van der Waals surface area contributed by atoms with Gasteiger partial charge < -0.3 is 10.2 Å². The molecule has 6 nitrogen and oxygen atoms in total. The third kappa shape index (κ3) is 3.93. The number of amides is 1. The molecule has 0 spiro atoms. The summed E-state index contributed by atoms with van der Waals surface area (Å²) in [5.74, 6) is 1.16. The van der Waals surface area contributed by atoms with E-state index in [-0.39, 0.29) is 11.8 Å². The van der Waals surface area contributed by atoms with Gasteiger partial charge in [0, 0.05) is 36.6 Å². The van der Waals surface area contributed by atoms with Gasteiger partial charge in [-0.2, -0.15) is 0 Å². The maximum atomic E-state index is 12.7. The van der Waals surface area contributed by atoms with Gasteiger partial charge in [-0.15, -0.1) is 11.3 Å². The molecule has 4 aromatic rings. The minimum absolute atomic E-state index is 0.0444. The van der Waals surface area contributed by atoms with E-state index in [0.29, 0.717) is 6.54 Å². The monoisotopic (exact) mass is 445 g/mol. The first-order chi connectivity index (χ1) is 15.5. The molecule has 4 heterocycles. The van der Waals surface area contributed by atoms with E-state index < -0.39 is 0 Å². The van der Waals surface area contributed by atoms with Crippen LogP contribution in [0, 0.1) is 26.7 Å². The zero-order valence-corrected chi connectivity index (χ0v) is 19.5. The van der Waals surface area contributed by atoms with E-state index in [1.165, 1.54) is 11.1 Å². The smallest absolute Gasteiger partial charge is 0.223 e. The Hall–Kier alpha value is -3.06. The van der Waals surface area contributed by atoms with Crippen LogP contribution >= 0.6 is 11.3 Å². The van der Waals surface area contributed by atoms with Gasteiger partial charge in [-0.3, -0.25) is 4.79 Å². The zero-order valence-electron chi connectivity index (χ0n) is 18.7. The summed E-state index contributed by atoms with van der Waals surface area (Å²) in [5, 5.41) is 4.24. The molecule has 1 aliphatic heterocycles. The number of anilines is 1. The number of aromatic nitrogens is 3. The summed E-state index contributed by atoms with van der Waals surface area (Å²) < 4.78 is 1.09. The lowest BCUT2D eigenvalue weighted by molar-refractivity contribution is -0.125. The van der Waals surface area contributed by atoms with E-state index in [1.807, 2.05) is 6.92 Å². The quantitative estimate of drug-likeness (QED) is 0.493. The van der Waals surface area contributed by atoms with Crippen LogP contribution in [0.25, 0.3) is 20.4 Å². The lowest BCUT2D eigenvalue weighted by Gasteiger charge is -2.32. The maximum Gasteiger partial charge on any atom is 0.223 e. The number of benzene rings is 1. The van der Waals surface area contributed by atoms with Crippen molar-refractivity contribution in [2.45, 2.75) is 40.2 Å². The van der Waals surface area contributed by atoms with Crippen molar-refractivity contribution in [3.05, 3.63) is 59.0 Å².